The fourth-order valence-electron chi connectivity index (χ4n) is 5.75. The molecule has 1 aliphatic heterocycles. The molecule has 1 saturated heterocycles. The predicted octanol–water partition coefficient (Wildman–Crippen LogP) is 4.24. The lowest BCUT2D eigenvalue weighted by Crippen LogP contribution is -2.68. The maximum Gasteiger partial charge on any atom is 0.227 e. The number of aryl methyl sites for hydroxylation is 1. The molecule has 2 aromatic rings. The molecule has 3 unspecified atom stereocenters. The number of likely N-dealkylation sites (tertiary alicyclic amines) is 1. The minimum Gasteiger partial charge on any atom is -0.497 e. The summed E-state index contributed by atoms with van der Waals surface area (Å²) in [6, 6.07) is 15.7. The van der Waals surface area contributed by atoms with Crippen molar-refractivity contribution in [2.75, 3.05) is 20.2 Å². The molecule has 0 aliphatic carbocycles. The molecule has 0 radical (unpaired) electrons. The summed E-state index contributed by atoms with van der Waals surface area (Å²) in [5.41, 5.74) is 0.961. The quantitative estimate of drug-likeness (QED) is 0.500. The molecular formula is C29H38N2O4. The van der Waals surface area contributed by atoms with Gasteiger partial charge in [0, 0.05) is 24.4 Å². The van der Waals surface area contributed by atoms with Crippen molar-refractivity contribution in [3.8, 4) is 5.75 Å². The summed E-state index contributed by atoms with van der Waals surface area (Å²) in [5.74, 6) is 0.293. The van der Waals surface area contributed by atoms with Gasteiger partial charge in [-0.25, -0.2) is 0 Å². The largest absolute Gasteiger partial charge is 0.497 e. The standard InChI is InChI=1S/C29H38N2O4/c1-5-15-29(34)23(3)31(17-9-12-24-10-7-6-8-11-24)18-16-28(29,20-27(33)30-21-32)26-19-25(35-4)14-13-22(26)2/h6-14,19,21,23,34H,5,15-18,20H2,1-4H3,(H,30,32,33)/b12-9+. The number of nitrogens with one attached hydrogen (secondary N) is 1. The van der Waals surface area contributed by atoms with Gasteiger partial charge in [-0.3, -0.25) is 19.8 Å². The van der Waals surface area contributed by atoms with E-state index in [2.05, 4.69) is 34.5 Å². The molecule has 3 rings (SSSR count). The van der Waals surface area contributed by atoms with E-state index in [0.717, 1.165) is 23.1 Å². The van der Waals surface area contributed by atoms with Crippen LogP contribution < -0.4 is 10.1 Å². The van der Waals surface area contributed by atoms with E-state index in [1.165, 1.54) is 0 Å². The Kier molecular flexibility index (Phi) is 8.87. The Labute approximate surface area is 209 Å². The normalized spacial score (nSPS) is 24.9. The molecule has 35 heavy (non-hydrogen) atoms. The Morgan fingerprint density at radius 1 is 1.26 bits per heavy atom. The number of aliphatic hydroxyl groups is 1. The smallest absolute Gasteiger partial charge is 0.227 e. The van der Waals surface area contributed by atoms with Gasteiger partial charge >= 0.3 is 0 Å². The fraction of sp³-hybridized carbons (Fsp3) is 0.448. The van der Waals surface area contributed by atoms with Crippen LogP contribution in [-0.4, -0.2) is 54.2 Å². The van der Waals surface area contributed by atoms with Gasteiger partial charge in [-0.15, -0.1) is 0 Å². The minimum absolute atomic E-state index is 0.0221. The van der Waals surface area contributed by atoms with Crippen molar-refractivity contribution in [2.24, 2.45) is 0 Å². The Morgan fingerprint density at radius 2 is 2.00 bits per heavy atom. The van der Waals surface area contributed by atoms with E-state index in [0.29, 0.717) is 38.1 Å². The number of benzene rings is 2. The summed E-state index contributed by atoms with van der Waals surface area (Å²) < 4.78 is 5.51. The predicted molar refractivity (Wildman–Crippen MR) is 139 cm³/mol. The molecule has 0 saturated carbocycles. The van der Waals surface area contributed by atoms with E-state index in [9.17, 15) is 14.7 Å². The molecule has 0 aromatic heterocycles. The summed E-state index contributed by atoms with van der Waals surface area (Å²) in [6.07, 6.45) is 6.52. The Balaban J connectivity index is 2.03. The van der Waals surface area contributed by atoms with Crippen LogP contribution in [0.5, 0.6) is 5.75 Å². The van der Waals surface area contributed by atoms with Crippen LogP contribution in [0.3, 0.4) is 0 Å². The van der Waals surface area contributed by atoms with E-state index >= 15 is 0 Å². The molecule has 3 atom stereocenters. The highest BCUT2D eigenvalue weighted by Crippen LogP contribution is 2.51. The molecule has 1 heterocycles. The summed E-state index contributed by atoms with van der Waals surface area (Å²) >= 11 is 0. The van der Waals surface area contributed by atoms with Gasteiger partial charge in [0.1, 0.15) is 5.75 Å². The van der Waals surface area contributed by atoms with Crippen LogP contribution in [0.2, 0.25) is 0 Å². The Morgan fingerprint density at radius 3 is 2.66 bits per heavy atom. The molecule has 0 spiro atoms. The first-order valence-electron chi connectivity index (χ1n) is 12.4. The number of nitrogens with zero attached hydrogens (tertiary/aromatic N) is 1. The number of carbonyl (C=O) groups excluding carboxylic acids is 2. The van der Waals surface area contributed by atoms with Crippen molar-refractivity contribution in [2.45, 2.75) is 63.5 Å². The van der Waals surface area contributed by atoms with Gasteiger partial charge < -0.3 is 9.84 Å². The van der Waals surface area contributed by atoms with E-state index in [4.69, 9.17) is 4.74 Å². The third-order valence-corrected chi connectivity index (χ3v) is 7.62. The zero-order valence-corrected chi connectivity index (χ0v) is 21.3. The number of piperidine rings is 1. The van der Waals surface area contributed by atoms with Gasteiger partial charge in [-0.1, -0.05) is 61.9 Å². The van der Waals surface area contributed by atoms with Crippen molar-refractivity contribution in [3.63, 3.8) is 0 Å². The third kappa shape index (κ3) is 5.49. The maximum atomic E-state index is 12.9. The van der Waals surface area contributed by atoms with Crippen molar-refractivity contribution in [1.82, 2.24) is 10.2 Å². The summed E-state index contributed by atoms with van der Waals surface area (Å²) in [4.78, 5) is 26.2. The number of hydrogen-bond donors (Lipinski definition) is 2. The van der Waals surface area contributed by atoms with E-state index in [1.807, 2.05) is 57.2 Å². The highest BCUT2D eigenvalue weighted by atomic mass is 16.5. The molecular weight excluding hydrogens is 440 g/mol. The zero-order chi connectivity index (χ0) is 25.5. The summed E-state index contributed by atoms with van der Waals surface area (Å²) in [7, 11) is 1.61. The van der Waals surface area contributed by atoms with Crippen LogP contribution >= 0.6 is 0 Å². The molecule has 0 bridgehead atoms. The second kappa shape index (κ2) is 11.6. The number of rotatable bonds is 10. The molecule has 188 valence electrons. The van der Waals surface area contributed by atoms with E-state index < -0.39 is 11.0 Å². The monoisotopic (exact) mass is 478 g/mol. The summed E-state index contributed by atoms with van der Waals surface area (Å²) in [6.45, 7) is 7.49. The molecule has 2 aromatic carbocycles. The highest BCUT2D eigenvalue weighted by Gasteiger charge is 2.58. The van der Waals surface area contributed by atoms with Crippen LogP contribution in [-0.2, 0) is 15.0 Å². The van der Waals surface area contributed by atoms with Crippen LogP contribution in [0.15, 0.2) is 54.6 Å². The van der Waals surface area contributed by atoms with E-state index in [-0.39, 0.29) is 18.4 Å². The van der Waals surface area contributed by atoms with Gasteiger partial charge in [0.2, 0.25) is 12.3 Å². The molecule has 1 fully saturated rings. The first-order chi connectivity index (χ1) is 16.8. The average Bonchev–Trinajstić information content (AvgIpc) is 2.85. The molecule has 1 aliphatic rings. The number of hydrogen-bond acceptors (Lipinski definition) is 5. The Bertz CT molecular complexity index is 1040. The maximum absolute atomic E-state index is 12.9. The van der Waals surface area contributed by atoms with Crippen molar-refractivity contribution >= 4 is 18.4 Å². The Hall–Kier alpha value is -2.96. The SMILES string of the molecule is CCCC1(O)C(C)N(C/C=C/c2ccccc2)CCC1(CC(=O)NC=O)c1cc(OC)ccc1C. The second-order valence-electron chi connectivity index (χ2n) is 9.53. The number of methoxy groups -OCH3 is 1. The van der Waals surface area contributed by atoms with Crippen LogP contribution in [0.25, 0.3) is 6.08 Å². The van der Waals surface area contributed by atoms with Gasteiger partial charge in [0.05, 0.1) is 12.7 Å². The molecule has 6 nitrogen and oxygen atoms in total. The van der Waals surface area contributed by atoms with E-state index in [1.54, 1.807) is 7.11 Å². The first kappa shape index (κ1) is 26.6. The lowest BCUT2D eigenvalue weighted by Gasteiger charge is -2.58. The second-order valence-corrected chi connectivity index (χ2v) is 9.53. The topological polar surface area (TPSA) is 78.9 Å². The third-order valence-electron chi connectivity index (χ3n) is 7.62. The van der Waals surface area contributed by atoms with Gasteiger partial charge in [0.15, 0.2) is 0 Å². The number of imide groups is 1. The van der Waals surface area contributed by atoms with Crippen molar-refractivity contribution in [1.29, 1.82) is 0 Å². The minimum atomic E-state index is -1.20. The molecule has 6 heteroatoms. The fourth-order valence-corrected chi connectivity index (χ4v) is 5.75. The summed E-state index contributed by atoms with van der Waals surface area (Å²) in [5, 5.41) is 14.8. The number of carbonyl (C=O) groups is 2. The zero-order valence-electron chi connectivity index (χ0n) is 21.3. The number of ether oxygens (including phenoxy) is 1. The van der Waals surface area contributed by atoms with Gasteiger partial charge in [-0.2, -0.15) is 0 Å². The molecule has 2 amide bonds. The van der Waals surface area contributed by atoms with Crippen molar-refractivity contribution < 1.29 is 19.4 Å². The van der Waals surface area contributed by atoms with Crippen LogP contribution in [0, 0.1) is 6.92 Å². The van der Waals surface area contributed by atoms with Crippen LogP contribution in [0.1, 0.15) is 56.2 Å². The lowest BCUT2D eigenvalue weighted by atomic mass is 9.56. The van der Waals surface area contributed by atoms with Gasteiger partial charge in [-0.05, 0) is 62.1 Å². The van der Waals surface area contributed by atoms with Crippen molar-refractivity contribution in [3.05, 3.63) is 71.3 Å². The molecule has 2 N–H and O–H groups in total. The first-order valence-corrected chi connectivity index (χ1v) is 12.4. The average molecular weight is 479 g/mol. The van der Waals surface area contributed by atoms with Gasteiger partial charge in [0.25, 0.3) is 0 Å². The van der Waals surface area contributed by atoms with Crippen LogP contribution in [0.4, 0.5) is 0 Å². The number of amides is 2. The highest BCUT2D eigenvalue weighted by molar-refractivity contribution is 5.87. The lowest BCUT2D eigenvalue weighted by molar-refractivity contribution is -0.150.